The summed E-state index contributed by atoms with van der Waals surface area (Å²) in [4.78, 5) is 0. The van der Waals surface area contributed by atoms with E-state index in [1.165, 1.54) is 13.0 Å². The maximum Gasteiger partial charge on any atom is 0.435 e. The number of nitrogens with zero attached hydrogens (tertiary/aromatic N) is 2. The minimum atomic E-state index is -4.64. The summed E-state index contributed by atoms with van der Waals surface area (Å²) in [6, 6.07) is -0.248. The quantitative estimate of drug-likeness (QED) is 0.823. The number of alkyl halides is 6. The number of halogens is 6. The smallest absolute Gasteiger partial charge is 0.325 e. The van der Waals surface area contributed by atoms with Crippen LogP contribution in [0.3, 0.4) is 0 Å². The first-order chi connectivity index (χ1) is 10.5. The van der Waals surface area contributed by atoms with Gasteiger partial charge in [0.15, 0.2) is 5.69 Å². The summed E-state index contributed by atoms with van der Waals surface area (Å²) in [6.45, 7) is 3.15. The summed E-state index contributed by atoms with van der Waals surface area (Å²) >= 11 is 0. The van der Waals surface area contributed by atoms with Crippen LogP contribution in [-0.2, 0) is 6.18 Å². The molecule has 2 rings (SSSR count). The lowest BCUT2D eigenvalue weighted by Gasteiger charge is -2.34. The Hall–Kier alpha value is -1.71. The summed E-state index contributed by atoms with van der Waals surface area (Å²) < 4.78 is 77.6. The van der Waals surface area contributed by atoms with E-state index in [9.17, 15) is 26.3 Å². The maximum atomic E-state index is 12.9. The number of rotatable bonds is 4. The Bertz CT molecular complexity index is 588. The molecule has 0 amide bonds. The van der Waals surface area contributed by atoms with E-state index in [1.807, 2.05) is 0 Å². The second-order valence-corrected chi connectivity index (χ2v) is 5.46. The van der Waals surface area contributed by atoms with Gasteiger partial charge in [0.25, 0.3) is 0 Å². The molecule has 1 aromatic rings. The zero-order valence-corrected chi connectivity index (χ0v) is 12.4. The first-order valence-corrected chi connectivity index (χ1v) is 6.91. The van der Waals surface area contributed by atoms with Crippen LogP contribution in [0.2, 0.25) is 0 Å². The van der Waals surface area contributed by atoms with Crippen LogP contribution in [0.15, 0.2) is 24.0 Å². The van der Waals surface area contributed by atoms with Crippen molar-refractivity contribution >= 4 is 0 Å². The van der Waals surface area contributed by atoms with Gasteiger partial charge in [-0.15, -0.1) is 0 Å². The molecule has 130 valence electrons. The molecule has 4 nitrogen and oxygen atoms in total. The predicted molar refractivity (Wildman–Crippen MR) is 70.0 cm³/mol. The van der Waals surface area contributed by atoms with E-state index in [1.54, 1.807) is 6.92 Å². The highest BCUT2D eigenvalue weighted by Gasteiger charge is 2.48. The van der Waals surface area contributed by atoms with Gasteiger partial charge in [0.1, 0.15) is 0 Å². The SMILES string of the molecule is CCC1=CC(CC(F)(F)F)(C(C)n2ccc(C(F)(F)F)n2)NN1. The first-order valence-electron chi connectivity index (χ1n) is 6.91. The highest BCUT2D eigenvalue weighted by molar-refractivity contribution is 5.22. The zero-order chi connectivity index (χ0) is 17.5. The van der Waals surface area contributed by atoms with Crippen LogP contribution in [0.4, 0.5) is 26.3 Å². The fraction of sp³-hybridized carbons (Fsp3) is 0.615. The third-order valence-corrected chi connectivity index (χ3v) is 3.80. The van der Waals surface area contributed by atoms with E-state index in [-0.39, 0.29) is 0 Å². The molecule has 1 aliphatic heterocycles. The van der Waals surface area contributed by atoms with Crippen LogP contribution < -0.4 is 10.9 Å². The van der Waals surface area contributed by atoms with Crippen LogP contribution in [0.5, 0.6) is 0 Å². The monoisotopic (exact) mass is 342 g/mol. The minimum Gasteiger partial charge on any atom is -0.325 e. The molecule has 2 heterocycles. The molecule has 0 spiro atoms. The molecule has 1 aromatic heterocycles. The lowest BCUT2D eigenvalue weighted by Crippen LogP contribution is -2.52. The van der Waals surface area contributed by atoms with E-state index in [4.69, 9.17) is 0 Å². The largest absolute Gasteiger partial charge is 0.435 e. The number of hydrogen-bond acceptors (Lipinski definition) is 3. The Balaban J connectivity index is 2.36. The van der Waals surface area contributed by atoms with Gasteiger partial charge in [-0.05, 0) is 25.5 Å². The minimum absolute atomic E-state index is 0.465. The average molecular weight is 342 g/mol. The summed E-state index contributed by atoms with van der Waals surface area (Å²) in [5, 5.41) is 3.38. The number of aromatic nitrogens is 2. The van der Waals surface area contributed by atoms with Crippen molar-refractivity contribution < 1.29 is 26.3 Å². The summed E-state index contributed by atoms with van der Waals surface area (Å²) in [5.74, 6) is 0. The van der Waals surface area contributed by atoms with Crippen LogP contribution in [-0.4, -0.2) is 21.5 Å². The fourth-order valence-corrected chi connectivity index (χ4v) is 2.51. The van der Waals surface area contributed by atoms with E-state index < -0.39 is 36.0 Å². The molecule has 0 radical (unpaired) electrons. The Morgan fingerprint density at radius 2 is 1.91 bits per heavy atom. The third-order valence-electron chi connectivity index (χ3n) is 3.80. The Morgan fingerprint density at radius 1 is 1.26 bits per heavy atom. The lowest BCUT2D eigenvalue weighted by atomic mass is 9.87. The van der Waals surface area contributed by atoms with Gasteiger partial charge in [-0.1, -0.05) is 6.92 Å². The van der Waals surface area contributed by atoms with Gasteiger partial charge in [-0.3, -0.25) is 4.68 Å². The fourth-order valence-electron chi connectivity index (χ4n) is 2.51. The molecule has 10 heteroatoms. The number of hydrazine groups is 1. The van der Waals surface area contributed by atoms with E-state index in [2.05, 4.69) is 16.0 Å². The van der Waals surface area contributed by atoms with Crippen molar-refractivity contribution in [1.82, 2.24) is 20.6 Å². The molecule has 0 saturated carbocycles. The van der Waals surface area contributed by atoms with Crippen molar-refractivity contribution in [3.8, 4) is 0 Å². The predicted octanol–water partition coefficient (Wildman–Crippen LogP) is 3.56. The molecule has 0 saturated heterocycles. The number of nitrogens with one attached hydrogen (secondary N) is 2. The Labute approximate surface area is 128 Å². The van der Waals surface area contributed by atoms with Crippen molar-refractivity contribution in [2.45, 2.75) is 50.6 Å². The Morgan fingerprint density at radius 3 is 2.35 bits per heavy atom. The topological polar surface area (TPSA) is 41.9 Å². The summed E-state index contributed by atoms with van der Waals surface area (Å²) in [5.41, 5.74) is 3.02. The molecule has 0 aliphatic carbocycles. The van der Waals surface area contributed by atoms with Crippen LogP contribution in [0, 0.1) is 0 Å². The summed E-state index contributed by atoms with van der Waals surface area (Å²) in [6.07, 6.45) is -7.51. The molecule has 2 N–H and O–H groups in total. The van der Waals surface area contributed by atoms with Crippen molar-refractivity contribution in [3.05, 3.63) is 29.7 Å². The highest BCUT2D eigenvalue weighted by Crippen LogP contribution is 2.39. The average Bonchev–Trinajstić information content (AvgIpc) is 3.02. The lowest BCUT2D eigenvalue weighted by molar-refractivity contribution is -0.150. The van der Waals surface area contributed by atoms with Crippen LogP contribution in [0.1, 0.15) is 38.4 Å². The van der Waals surface area contributed by atoms with Gasteiger partial charge in [-0.25, -0.2) is 5.43 Å². The molecule has 2 unspecified atom stereocenters. The van der Waals surface area contributed by atoms with Crippen molar-refractivity contribution in [1.29, 1.82) is 0 Å². The molecular weight excluding hydrogens is 326 g/mol. The standard InChI is InChI=1S/C13H16F6N4/c1-3-9-6-11(22-20-9,7-12(14,15)16)8(2)23-5-4-10(21-23)13(17,18)19/h4-6,8,20,22H,3,7H2,1-2H3. The molecule has 0 fully saturated rings. The van der Waals surface area contributed by atoms with Gasteiger partial charge in [0.05, 0.1) is 18.0 Å². The van der Waals surface area contributed by atoms with Gasteiger partial charge in [0.2, 0.25) is 0 Å². The molecule has 1 aliphatic rings. The molecule has 2 atom stereocenters. The van der Waals surface area contributed by atoms with E-state index in [0.29, 0.717) is 12.1 Å². The van der Waals surface area contributed by atoms with Crippen molar-refractivity contribution in [2.24, 2.45) is 0 Å². The van der Waals surface area contributed by atoms with Gasteiger partial charge in [-0.2, -0.15) is 31.4 Å². The second kappa shape index (κ2) is 5.73. The van der Waals surface area contributed by atoms with Gasteiger partial charge in [0, 0.05) is 11.9 Å². The molecular formula is C13H16F6N4. The molecule has 0 aromatic carbocycles. The van der Waals surface area contributed by atoms with E-state index in [0.717, 1.165) is 16.9 Å². The first kappa shape index (κ1) is 17.6. The van der Waals surface area contributed by atoms with Crippen LogP contribution >= 0.6 is 0 Å². The zero-order valence-electron chi connectivity index (χ0n) is 12.4. The van der Waals surface area contributed by atoms with Crippen molar-refractivity contribution in [3.63, 3.8) is 0 Å². The van der Waals surface area contributed by atoms with Gasteiger partial charge < -0.3 is 5.43 Å². The number of allylic oxidation sites excluding steroid dienone is 1. The number of hydrogen-bond donors (Lipinski definition) is 2. The van der Waals surface area contributed by atoms with Crippen molar-refractivity contribution in [2.75, 3.05) is 0 Å². The Kier molecular flexibility index (Phi) is 4.40. The normalized spacial score (nSPS) is 23.6. The summed E-state index contributed by atoms with van der Waals surface area (Å²) in [7, 11) is 0. The maximum absolute atomic E-state index is 12.9. The molecule has 0 bridgehead atoms. The van der Waals surface area contributed by atoms with E-state index >= 15 is 0 Å². The highest BCUT2D eigenvalue weighted by atomic mass is 19.4. The van der Waals surface area contributed by atoms with Gasteiger partial charge >= 0.3 is 12.4 Å². The molecule has 23 heavy (non-hydrogen) atoms. The third kappa shape index (κ3) is 3.80. The second-order valence-electron chi connectivity index (χ2n) is 5.46. The van der Waals surface area contributed by atoms with Crippen LogP contribution in [0.25, 0.3) is 0 Å².